The average Bonchev–Trinajstić information content (AvgIpc) is 3.20. The van der Waals surface area contributed by atoms with E-state index in [9.17, 15) is 4.79 Å². The molecule has 0 aliphatic carbocycles. The monoisotopic (exact) mass is 393 g/mol. The maximum atomic E-state index is 12.3. The van der Waals surface area contributed by atoms with Crippen LogP contribution in [0.2, 0.25) is 0 Å². The van der Waals surface area contributed by atoms with Crippen molar-refractivity contribution in [3.63, 3.8) is 0 Å². The molecule has 150 valence electrons. The van der Waals surface area contributed by atoms with Crippen molar-refractivity contribution in [2.45, 2.75) is 58.6 Å². The summed E-state index contributed by atoms with van der Waals surface area (Å²) in [5, 5.41) is 6.80. The first-order valence-corrected chi connectivity index (χ1v) is 10.6. The van der Waals surface area contributed by atoms with E-state index in [1.807, 2.05) is 20.8 Å². The van der Waals surface area contributed by atoms with E-state index in [1.54, 1.807) is 16.2 Å². The Morgan fingerprint density at radius 1 is 1.41 bits per heavy atom. The SMILES string of the molecule is CC(C)c1nc(CCNC2=NCC3CN(C(=O)OC(C)(C)C)CCN23)cs1. The van der Waals surface area contributed by atoms with Gasteiger partial charge in [-0.15, -0.1) is 11.3 Å². The van der Waals surface area contributed by atoms with Crippen LogP contribution in [0.1, 0.15) is 51.2 Å². The molecule has 3 rings (SSSR count). The number of guanidine groups is 1. The summed E-state index contributed by atoms with van der Waals surface area (Å²) in [6.07, 6.45) is 0.665. The Hall–Kier alpha value is -1.83. The fourth-order valence-electron chi connectivity index (χ4n) is 3.23. The molecule has 0 bridgehead atoms. The Balaban J connectivity index is 1.45. The number of piperazine rings is 1. The minimum atomic E-state index is -0.460. The zero-order valence-electron chi connectivity index (χ0n) is 17.0. The molecule has 8 heteroatoms. The molecule has 1 amide bonds. The fourth-order valence-corrected chi connectivity index (χ4v) is 4.10. The summed E-state index contributed by atoms with van der Waals surface area (Å²) in [6, 6.07) is 0.237. The number of aromatic nitrogens is 1. The minimum absolute atomic E-state index is 0.229. The van der Waals surface area contributed by atoms with Gasteiger partial charge in [0, 0.05) is 43.9 Å². The minimum Gasteiger partial charge on any atom is -0.444 e. The van der Waals surface area contributed by atoms with Gasteiger partial charge in [0.25, 0.3) is 0 Å². The molecular formula is C19H31N5O2S. The third kappa shape index (κ3) is 5.12. The van der Waals surface area contributed by atoms with E-state index in [2.05, 4.69) is 39.4 Å². The van der Waals surface area contributed by atoms with E-state index < -0.39 is 5.60 Å². The number of thiazole rings is 1. The smallest absolute Gasteiger partial charge is 0.410 e. The first-order chi connectivity index (χ1) is 12.7. The summed E-state index contributed by atoms with van der Waals surface area (Å²) < 4.78 is 5.49. The molecule has 7 nitrogen and oxygen atoms in total. The maximum Gasteiger partial charge on any atom is 0.410 e. The third-order valence-electron chi connectivity index (χ3n) is 4.59. The van der Waals surface area contributed by atoms with Crippen LogP contribution < -0.4 is 5.32 Å². The first kappa shape index (κ1) is 19.9. The van der Waals surface area contributed by atoms with Gasteiger partial charge in [-0.3, -0.25) is 4.99 Å². The molecule has 1 unspecified atom stereocenters. The van der Waals surface area contributed by atoms with Crippen molar-refractivity contribution in [3.05, 3.63) is 16.1 Å². The average molecular weight is 394 g/mol. The summed E-state index contributed by atoms with van der Waals surface area (Å²) in [6.45, 7) is 13.7. The van der Waals surface area contributed by atoms with Crippen molar-refractivity contribution >= 4 is 23.4 Å². The molecular weight excluding hydrogens is 362 g/mol. The number of hydrogen-bond acceptors (Lipinski definition) is 7. The highest BCUT2D eigenvalue weighted by Crippen LogP contribution is 2.20. The lowest BCUT2D eigenvalue weighted by Gasteiger charge is -2.39. The lowest BCUT2D eigenvalue weighted by atomic mass is 10.2. The molecule has 1 saturated heterocycles. The molecule has 1 atom stereocenters. The zero-order valence-corrected chi connectivity index (χ0v) is 17.8. The number of nitrogens with zero attached hydrogens (tertiary/aromatic N) is 4. The number of amides is 1. The van der Waals surface area contributed by atoms with Crippen LogP contribution in [0.3, 0.4) is 0 Å². The van der Waals surface area contributed by atoms with Gasteiger partial charge >= 0.3 is 6.09 Å². The molecule has 1 aromatic heterocycles. The topological polar surface area (TPSA) is 70.1 Å². The van der Waals surface area contributed by atoms with E-state index in [0.717, 1.165) is 37.7 Å². The van der Waals surface area contributed by atoms with Crippen LogP contribution >= 0.6 is 11.3 Å². The number of fused-ring (bicyclic) bond motifs is 1. The summed E-state index contributed by atoms with van der Waals surface area (Å²) in [5.74, 6) is 1.43. The predicted octanol–water partition coefficient (Wildman–Crippen LogP) is 2.69. The number of rotatable bonds is 4. The number of carbonyl (C=O) groups excluding carboxylic acids is 1. The van der Waals surface area contributed by atoms with Crippen molar-refractivity contribution in [1.29, 1.82) is 0 Å². The molecule has 3 heterocycles. The van der Waals surface area contributed by atoms with Gasteiger partial charge in [0.15, 0.2) is 5.96 Å². The van der Waals surface area contributed by atoms with Crippen molar-refractivity contribution < 1.29 is 9.53 Å². The largest absolute Gasteiger partial charge is 0.444 e. The lowest BCUT2D eigenvalue weighted by Crippen LogP contribution is -2.57. The quantitative estimate of drug-likeness (QED) is 0.852. The van der Waals surface area contributed by atoms with Crippen LogP contribution in [0.15, 0.2) is 10.4 Å². The van der Waals surface area contributed by atoms with E-state index in [1.165, 1.54) is 5.01 Å². The Kier molecular flexibility index (Phi) is 5.93. The summed E-state index contributed by atoms with van der Waals surface area (Å²) >= 11 is 1.74. The lowest BCUT2D eigenvalue weighted by molar-refractivity contribution is 0.0137. The van der Waals surface area contributed by atoms with Gasteiger partial charge in [-0.2, -0.15) is 0 Å². The molecule has 1 fully saturated rings. The van der Waals surface area contributed by atoms with Crippen molar-refractivity contribution in [2.75, 3.05) is 32.7 Å². The van der Waals surface area contributed by atoms with Crippen molar-refractivity contribution in [2.24, 2.45) is 4.99 Å². The van der Waals surface area contributed by atoms with Crippen LogP contribution in [-0.2, 0) is 11.2 Å². The Morgan fingerprint density at radius 3 is 2.85 bits per heavy atom. The van der Waals surface area contributed by atoms with Gasteiger partial charge in [0.1, 0.15) is 5.60 Å². The van der Waals surface area contributed by atoms with Crippen LogP contribution in [0.4, 0.5) is 4.79 Å². The van der Waals surface area contributed by atoms with E-state index >= 15 is 0 Å². The second kappa shape index (κ2) is 8.04. The normalized spacial score (nSPS) is 19.9. The number of carbonyl (C=O) groups is 1. The van der Waals surface area contributed by atoms with Crippen LogP contribution in [0, 0.1) is 0 Å². The zero-order chi connectivity index (χ0) is 19.6. The molecule has 0 saturated carbocycles. The van der Waals surface area contributed by atoms with E-state index in [0.29, 0.717) is 19.0 Å². The number of ether oxygens (including phenoxy) is 1. The predicted molar refractivity (Wildman–Crippen MR) is 109 cm³/mol. The highest BCUT2D eigenvalue weighted by atomic mass is 32.1. The molecule has 0 spiro atoms. The van der Waals surface area contributed by atoms with Crippen LogP contribution in [0.25, 0.3) is 0 Å². The molecule has 0 aromatic carbocycles. The second-order valence-electron chi connectivity index (χ2n) is 8.45. The Bertz CT molecular complexity index is 695. The van der Waals surface area contributed by atoms with E-state index in [4.69, 9.17) is 4.74 Å². The summed E-state index contributed by atoms with van der Waals surface area (Å²) in [5.41, 5.74) is 0.680. The highest BCUT2D eigenvalue weighted by Gasteiger charge is 2.36. The van der Waals surface area contributed by atoms with Crippen LogP contribution in [-0.4, -0.2) is 71.2 Å². The Labute approximate surface area is 165 Å². The third-order valence-corrected chi connectivity index (χ3v) is 5.78. The molecule has 2 aliphatic heterocycles. The van der Waals surface area contributed by atoms with Gasteiger partial charge in [-0.05, 0) is 20.8 Å². The number of hydrogen-bond donors (Lipinski definition) is 1. The summed E-state index contributed by atoms with van der Waals surface area (Å²) in [4.78, 5) is 25.7. The van der Waals surface area contributed by atoms with Crippen LogP contribution in [0.5, 0.6) is 0 Å². The molecule has 2 aliphatic rings. The maximum absolute atomic E-state index is 12.3. The van der Waals surface area contributed by atoms with Gasteiger partial charge in [0.2, 0.25) is 0 Å². The van der Waals surface area contributed by atoms with E-state index in [-0.39, 0.29) is 12.1 Å². The van der Waals surface area contributed by atoms with Crippen molar-refractivity contribution in [1.82, 2.24) is 20.1 Å². The summed E-state index contributed by atoms with van der Waals surface area (Å²) in [7, 11) is 0. The second-order valence-corrected chi connectivity index (χ2v) is 9.34. The standard InChI is InChI=1S/C19H31N5O2S/c1-13(2)16-22-14(12-27-16)6-7-20-17-21-10-15-11-23(8-9-24(15)17)18(25)26-19(3,4)5/h12-13,15H,6-11H2,1-5H3,(H,20,21). The molecule has 1 N–H and O–H groups in total. The first-order valence-electron chi connectivity index (χ1n) is 9.70. The molecule has 27 heavy (non-hydrogen) atoms. The number of nitrogens with one attached hydrogen (secondary N) is 1. The molecule has 1 aromatic rings. The van der Waals surface area contributed by atoms with Gasteiger partial charge in [-0.25, -0.2) is 9.78 Å². The van der Waals surface area contributed by atoms with Gasteiger partial charge in [0.05, 0.1) is 23.3 Å². The fraction of sp³-hybridized carbons (Fsp3) is 0.737. The Morgan fingerprint density at radius 2 is 2.19 bits per heavy atom. The van der Waals surface area contributed by atoms with Gasteiger partial charge in [-0.1, -0.05) is 13.8 Å². The number of aliphatic imine (C=N–C) groups is 1. The van der Waals surface area contributed by atoms with Crippen molar-refractivity contribution in [3.8, 4) is 0 Å². The highest BCUT2D eigenvalue weighted by molar-refractivity contribution is 7.09. The molecule has 0 radical (unpaired) electrons. The van der Waals surface area contributed by atoms with Gasteiger partial charge < -0.3 is 19.9 Å².